The number of aliphatic hydroxyl groups excluding tert-OH is 2. The molecule has 1 heterocycles. The van der Waals surface area contributed by atoms with Gasteiger partial charge >= 0.3 is 23.9 Å². The third-order valence-corrected chi connectivity index (χ3v) is 15.9. The zero-order valence-electron chi connectivity index (χ0n) is 55.5. The number of unbranched alkanes of at least 4 members (excludes halogenated alkanes) is 33. The number of hydrogen-bond donors (Lipinski definition) is 3. The standard InChI is InChI=1S/C75H128O12/c1-4-7-10-13-16-19-22-25-28-31-34-37-40-43-46-49-52-55-58-61-67(76)83-64-66(85-68(77)62-59-56-53-50-47-44-41-38-35-32-29-26-23-20-17-14-11-8-5-2)65-84-75-73(71(80)70(79)72(87-75)74(81)82)86-69(78)63-60-57-54-51-48-45-42-39-36-33-30-27-24-21-18-15-12-9-6-3/h7,10,16,19,25-30,34,37,43,46,66,70-73,75,79-80H,4-6,8-9,11-15,17-18,20-24,31-33,35-36,38-42,44-45,47-65H2,1-3H3,(H,81,82)/b10-7-,19-16-,28-25-,29-26-,30-27-,37-34-,46-43-. The molecule has 0 spiro atoms. The van der Waals surface area contributed by atoms with Gasteiger partial charge in [0.05, 0.1) is 6.61 Å². The molecule has 6 atom stereocenters. The van der Waals surface area contributed by atoms with Crippen molar-refractivity contribution in [3.8, 4) is 0 Å². The van der Waals surface area contributed by atoms with Crippen LogP contribution in [-0.2, 0) is 42.9 Å². The smallest absolute Gasteiger partial charge is 0.335 e. The second kappa shape index (κ2) is 62.1. The molecule has 0 radical (unpaired) electrons. The van der Waals surface area contributed by atoms with Crippen LogP contribution in [0.3, 0.4) is 0 Å². The van der Waals surface area contributed by atoms with Crippen LogP contribution >= 0.6 is 0 Å². The third-order valence-electron chi connectivity index (χ3n) is 15.9. The zero-order chi connectivity index (χ0) is 63.1. The quantitative estimate of drug-likeness (QED) is 0.0228. The van der Waals surface area contributed by atoms with Gasteiger partial charge in [0.25, 0.3) is 0 Å². The molecule has 0 aromatic carbocycles. The molecule has 0 bridgehead atoms. The number of aliphatic hydroxyl groups is 2. The van der Waals surface area contributed by atoms with Crippen molar-refractivity contribution in [2.45, 2.75) is 353 Å². The van der Waals surface area contributed by atoms with Crippen molar-refractivity contribution in [1.82, 2.24) is 0 Å². The Hall–Kier alpha value is -4.10. The van der Waals surface area contributed by atoms with E-state index in [-0.39, 0.29) is 25.9 Å². The van der Waals surface area contributed by atoms with Gasteiger partial charge in [-0.05, 0) is 116 Å². The van der Waals surface area contributed by atoms with E-state index in [1.54, 1.807) is 0 Å². The van der Waals surface area contributed by atoms with E-state index in [1.165, 1.54) is 148 Å². The summed E-state index contributed by atoms with van der Waals surface area (Å²) in [6, 6.07) is 0. The summed E-state index contributed by atoms with van der Waals surface area (Å²) in [5.41, 5.74) is 0. The van der Waals surface area contributed by atoms with Gasteiger partial charge in [0, 0.05) is 19.3 Å². The van der Waals surface area contributed by atoms with E-state index < -0.39 is 67.3 Å². The number of ether oxygens (including phenoxy) is 5. The maximum absolute atomic E-state index is 13.3. The molecule has 0 aromatic heterocycles. The van der Waals surface area contributed by atoms with Gasteiger partial charge in [0.15, 0.2) is 24.6 Å². The predicted octanol–water partition coefficient (Wildman–Crippen LogP) is 19.8. The molecule has 1 rings (SSSR count). The van der Waals surface area contributed by atoms with Gasteiger partial charge in [-0.25, -0.2) is 4.79 Å². The fourth-order valence-electron chi connectivity index (χ4n) is 10.5. The van der Waals surface area contributed by atoms with Gasteiger partial charge in [-0.15, -0.1) is 0 Å². The van der Waals surface area contributed by atoms with E-state index >= 15 is 0 Å². The summed E-state index contributed by atoms with van der Waals surface area (Å²) in [4.78, 5) is 51.5. The minimum atomic E-state index is -1.91. The Morgan fingerprint density at radius 2 is 0.724 bits per heavy atom. The molecule has 12 nitrogen and oxygen atoms in total. The molecule has 87 heavy (non-hydrogen) atoms. The van der Waals surface area contributed by atoms with Crippen molar-refractivity contribution in [2.75, 3.05) is 13.2 Å². The fourth-order valence-corrected chi connectivity index (χ4v) is 10.5. The Morgan fingerprint density at radius 3 is 1.13 bits per heavy atom. The highest BCUT2D eigenvalue weighted by atomic mass is 16.7. The second-order valence-electron chi connectivity index (χ2n) is 24.1. The van der Waals surface area contributed by atoms with Crippen LogP contribution in [0.2, 0.25) is 0 Å². The molecule has 0 aliphatic carbocycles. The molecule has 3 N–H and O–H groups in total. The van der Waals surface area contributed by atoms with Crippen molar-refractivity contribution < 1.29 is 58.2 Å². The first-order valence-electron chi connectivity index (χ1n) is 35.6. The number of hydrogen-bond acceptors (Lipinski definition) is 11. The second-order valence-corrected chi connectivity index (χ2v) is 24.1. The Balaban J connectivity index is 2.65. The summed E-state index contributed by atoms with van der Waals surface area (Å²) >= 11 is 0. The lowest BCUT2D eigenvalue weighted by Gasteiger charge is -2.40. The maximum Gasteiger partial charge on any atom is 0.335 e. The lowest BCUT2D eigenvalue weighted by Crippen LogP contribution is -2.61. The Kier molecular flexibility index (Phi) is 57.8. The number of rotatable bonds is 61. The molecular formula is C75H128O12. The highest BCUT2D eigenvalue weighted by molar-refractivity contribution is 5.74. The molecule has 1 aliphatic rings. The molecule has 6 unspecified atom stereocenters. The van der Waals surface area contributed by atoms with E-state index in [4.69, 9.17) is 23.7 Å². The van der Waals surface area contributed by atoms with E-state index in [0.29, 0.717) is 19.3 Å². The van der Waals surface area contributed by atoms with Gasteiger partial charge in [0.1, 0.15) is 18.8 Å². The van der Waals surface area contributed by atoms with Crippen molar-refractivity contribution >= 4 is 23.9 Å². The van der Waals surface area contributed by atoms with Crippen molar-refractivity contribution in [1.29, 1.82) is 0 Å². The van der Waals surface area contributed by atoms with Gasteiger partial charge < -0.3 is 39.0 Å². The lowest BCUT2D eigenvalue weighted by molar-refractivity contribution is -0.301. The first-order valence-corrected chi connectivity index (χ1v) is 35.6. The van der Waals surface area contributed by atoms with Gasteiger partial charge in [-0.2, -0.15) is 0 Å². The summed E-state index contributed by atoms with van der Waals surface area (Å²) in [5.74, 6) is -3.15. The SMILES string of the molecule is CC/C=C\C/C=C\C/C=C\C/C=C\C/C=C\CCCCCC(=O)OCC(COC1OC(C(=O)O)C(O)C(O)C1OC(=O)CCCCCCCCCCC/C=C\CCCCCCCC)OC(=O)CCCCCCCCCCC/C=C\CCCCCCCC. The fraction of sp³-hybridized carbons (Fsp3) is 0.760. The van der Waals surface area contributed by atoms with E-state index in [9.17, 15) is 34.5 Å². The summed E-state index contributed by atoms with van der Waals surface area (Å²) in [7, 11) is 0. The first kappa shape index (κ1) is 80.9. The molecule has 500 valence electrons. The summed E-state index contributed by atoms with van der Waals surface area (Å²) in [6.07, 6.45) is 69.6. The van der Waals surface area contributed by atoms with Crippen molar-refractivity contribution in [3.05, 3.63) is 85.1 Å². The van der Waals surface area contributed by atoms with Crippen LogP contribution in [0.4, 0.5) is 0 Å². The van der Waals surface area contributed by atoms with Crippen LogP contribution in [0, 0.1) is 0 Å². The van der Waals surface area contributed by atoms with Crippen molar-refractivity contribution in [3.63, 3.8) is 0 Å². The lowest BCUT2D eigenvalue weighted by atomic mass is 9.98. The number of carboxylic acids is 1. The minimum absolute atomic E-state index is 0.0534. The molecule has 0 aromatic rings. The molecule has 1 aliphatic heterocycles. The summed E-state index contributed by atoms with van der Waals surface area (Å²) in [6.45, 7) is 5.89. The normalized spacial score (nSPS) is 17.8. The van der Waals surface area contributed by atoms with E-state index in [0.717, 1.165) is 109 Å². The maximum atomic E-state index is 13.3. The molecule has 0 amide bonds. The topological polar surface area (TPSA) is 175 Å². The molecule has 1 fully saturated rings. The van der Waals surface area contributed by atoms with E-state index in [2.05, 4.69) is 106 Å². The average molecular weight is 1220 g/mol. The number of esters is 3. The molecule has 0 saturated carbocycles. The number of carboxylic acid groups (broad SMARTS) is 1. The predicted molar refractivity (Wildman–Crippen MR) is 358 cm³/mol. The van der Waals surface area contributed by atoms with Crippen LogP contribution in [0.1, 0.15) is 316 Å². The van der Waals surface area contributed by atoms with Gasteiger partial charge in [-0.1, -0.05) is 266 Å². The van der Waals surface area contributed by atoms with Crippen LogP contribution < -0.4 is 0 Å². The minimum Gasteiger partial charge on any atom is -0.479 e. The largest absolute Gasteiger partial charge is 0.479 e. The van der Waals surface area contributed by atoms with Gasteiger partial charge in [0.2, 0.25) is 0 Å². The molecule has 1 saturated heterocycles. The molecule has 12 heteroatoms. The summed E-state index contributed by atoms with van der Waals surface area (Å²) in [5, 5.41) is 31.7. The Bertz CT molecular complexity index is 1830. The average Bonchev–Trinajstić information content (AvgIpc) is 2.56. The highest BCUT2D eigenvalue weighted by Gasteiger charge is 2.50. The highest BCUT2D eigenvalue weighted by Crippen LogP contribution is 2.27. The van der Waals surface area contributed by atoms with Crippen molar-refractivity contribution in [2.24, 2.45) is 0 Å². The van der Waals surface area contributed by atoms with Crippen LogP contribution in [-0.4, -0.2) is 89.2 Å². The Labute approximate surface area is 531 Å². The number of carbonyl (C=O) groups is 4. The zero-order valence-corrected chi connectivity index (χ0v) is 55.5. The Morgan fingerprint density at radius 1 is 0.391 bits per heavy atom. The van der Waals surface area contributed by atoms with Crippen LogP contribution in [0.5, 0.6) is 0 Å². The monoisotopic (exact) mass is 1220 g/mol. The summed E-state index contributed by atoms with van der Waals surface area (Å²) < 4.78 is 28.6. The number of aliphatic carboxylic acids is 1. The number of allylic oxidation sites excluding steroid dienone is 14. The molecular weight excluding hydrogens is 1090 g/mol. The number of carbonyl (C=O) groups excluding carboxylic acids is 3. The van der Waals surface area contributed by atoms with E-state index in [1.807, 2.05) is 0 Å². The third kappa shape index (κ3) is 51.4. The van der Waals surface area contributed by atoms with Crippen LogP contribution in [0.25, 0.3) is 0 Å². The van der Waals surface area contributed by atoms with Crippen LogP contribution in [0.15, 0.2) is 85.1 Å². The first-order chi connectivity index (χ1) is 42.6. The van der Waals surface area contributed by atoms with Gasteiger partial charge in [-0.3, -0.25) is 14.4 Å².